The molecule has 3 aliphatic carbocycles. The zero-order valence-corrected chi connectivity index (χ0v) is 36.0. The monoisotopic (exact) mass is 843 g/mol. The number of hydrogen-bond donors (Lipinski definition) is 3. The molecule has 2 heterocycles. The summed E-state index contributed by atoms with van der Waals surface area (Å²) in [6, 6.07) is 10.7. The molecule has 6 atom stereocenters. The number of nitrogens with one attached hydrogen (secondary N) is 1. The normalized spacial score (nSPS) is 25.5. The third-order valence-electron chi connectivity index (χ3n) is 13.2. The van der Waals surface area contributed by atoms with Crippen LogP contribution in [-0.2, 0) is 20.9 Å². The van der Waals surface area contributed by atoms with Gasteiger partial charge in [0.2, 0.25) is 18.5 Å². The van der Waals surface area contributed by atoms with Gasteiger partial charge in [-0.1, -0.05) is 61.9 Å². The first kappa shape index (κ1) is 44.5. The van der Waals surface area contributed by atoms with Crippen LogP contribution in [0, 0.1) is 23.7 Å². The SMILES string of the molecule is C=CCOC12Oc3ccc(OC(=O)NCC)cc3C3C(CCCCO)C(CCCCO)C=C(C(=NOCC)CC1N(Cc1ccc4c(c1)OCO4)C(=O)CCC1CCCC1)C32. The Bertz CT molecular complexity index is 1890. The van der Waals surface area contributed by atoms with Crippen molar-refractivity contribution in [2.45, 2.75) is 122 Å². The first-order chi connectivity index (χ1) is 29.8. The van der Waals surface area contributed by atoms with Crippen LogP contribution >= 0.6 is 0 Å². The van der Waals surface area contributed by atoms with Gasteiger partial charge in [-0.3, -0.25) is 4.79 Å². The largest absolute Gasteiger partial charge is 0.459 e. The fourth-order valence-corrected chi connectivity index (χ4v) is 10.5. The smallest absolute Gasteiger partial charge is 0.412 e. The Kier molecular flexibility index (Phi) is 15.3. The summed E-state index contributed by atoms with van der Waals surface area (Å²) in [5.41, 5.74) is 3.45. The second-order valence-electron chi connectivity index (χ2n) is 17.0. The van der Waals surface area contributed by atoms with E-state index >= 15 is 4.79 Å². The summed E-state index contributed by atoms with van der Waals surface area (Å²) in [6.45, 7) is 9.33. The van der Waals surface area contributed by atoms with Gasteiger partial charge >= 0.3 is 6.09 Å². The zero-order valence-electron chi connectivity index (χ0n) is 36.0. The standard InChI is InChI=1S/C48H65N3O10/c1-4-25-58-48-43(51(44(54)22-18-32-13-7-8-14-32)30-33-17-20-41-42(26-33)57-31-56-41)29-39(50-59-6-3)37-27-34(15-9-11-23-52)36(16-10-12-24-53)45(46(37)48)38-28-35(19-21-40(38)61-48)60-47(55)49-5-2/h4,17,19-21,26-28,32,34,36,43,45-46,52-53H,1,5-16,18,22-25,29-31H2,2-3H3,(H,49,55). The molecule has 3 N–H and O–H groups in total. The summed E-state index contributed by atoms with van der Waals surface area (Å²) in [7, 11) is 0. The number of ether oxygens (including phenoxy) is 5. The van der Waals surface area contributed by atoms with Crippen molar-refractivity contribution in [3.8, 4) is 23.0 Å². The summed E-state index contributed by atoms with van der Waals surface area (Å²) in [6.07, 6.45) is 14.2. The van der Waals surface area contributed by atoms with Gasteiger partial charge in [-0.15, -0.1) is 6.58 Å². The minimum Gasteiger partial charge on any atom is -0.459 e. The molecule has 2 amide bonds. The molecule has 2 fully saturated rings. The van der Waals surface area contributed by atoms with Crippen molar-refractivity contribution in [3.63, 3.8) is 0 Å². The highest BCUT2D eigenvalue weighted by atomic mass is 16.7. The molecule has 0 spiro atoms. The van der Waals surface area contributed by atoms with Crippen LogP contribution in [0.5, 0.6) is 23.0 Å². The molecule has 0 aromatic heterocycles. The van der Waals surface area contributed by atoms with Crippen LogP contribution in [-0.4, -0.2) is 84.4 Å². The Balaban J connectivity index is 1.42. The Morgan fingerprint density at radius 3 is 2.51 bits per heavy atom. The lowest BCUT2D eigenvalue weighted by Gasteiger charge is -2.60. The van der Waals surface area contributed by atoms with Crippen LogP contribution in [0.2, 0.25) is 0 Å². The molecule has 0 saturated heterocycles. The van der Waals surface area contributed by atoms with E-state index in [1.54, 1.807) is 12.1 Å². The quantitative estimate of drug-likeness (QED) is 0.0636. The maximum atomic E-state index is 15.1. The van der Waals surface area contributed by atoms with E-state index in [0.717, 1.165) is 67.4 Å². The van der Waals surface area contributed by atoms with Gasteiger partial charge in [-0.2, -0.15) is 0 Å². The number of carbonyl (C=O) groups is 2. The van der Waals surface area contributed by atoms with Crippen LogP contribution in [0.1, 0.15) is 114 Å². The predicted octanol–water partition coefficient (Wildman–Crippen LogP) is 8.18. The van der Waals surface area contributed by atoms with Gasteiger partial charge in [0.25, 0.3) is 0 Å². The molecule has 6 unspecified atom stereocenters. The van der Waals surface area contributed by atoms with Crippen LogP contribution in [0.25, 0.3) is 0 Å². The molecule has 5 aliphatic rings. The number of hydrogen-bond acceptors (Lipinski definition) is 11. The van der Waals surface area contributed by atoms with E-state index in [9.17, 15) is 15.0 Å². The lowest BCUT2D eigenvalue weighted by atomic mass is 9.55. The number of carbonyl (C=O) groups excluding carboxylic acids is 2. The number of aliphatic hydroxyl groups excluding tert-OH is 2. The van der Waals surface area contributed by atoms with Crippen molar-refractivity contribution < 1.29 is 48.3 Å². The van der Waals surface area contributed by atoms with Crippen molar-refractivity contribution in [1.82, 2.24) is 10.2 Å². The number of nitrogens with zero attached hydrogens (tertiary/aromatic N) is 2. The lowest BCUT2D eigenvalue weighted by molar-refractivity contribution is -0.258. The van der Waals surface area contributed by atoms with Crippen LogP contribution in [0.15, 0.2) is 65.9 Å². The fraction of sp³-hybridized carbons (Fsp3) is 0.604. The van der Waals surface area contributed by atoms with Gasteiger partial charge in [-0.05, 0) is 105 Å². The fourth-order valence-electron chi connectivity index (χ4n) is 10.5. The van der Waals surface area contributed by atoms with Crippen molar-refractivity contribution in [2.24, 2.45) is 28.8 Å². The zero-order chi connectivity index (χ0) is 42.8. The van der Waals surface area contributed by atoms with Crippen molar-refractivity contribution in [3.05, 3.63) is 71.8 Å². The number of aliphatic hydroxyl groups is 2. The highest BCUT2D eigenvalue weighted by Crippen LogP contribution is 2.62. The summed E-state index contributed by atoms with van der Waals surface area (Å²) in [4.78, 5) is 35.8. The van der Waals surface area contributed by atoms with E-state index in [1.165, 1.54) is 12.8 Å². The number of oxime groups is 1. The second-order valence-corrected chi connectivity index (χ2v) is 17.0. The molecular formula is C48H65N3O10. The first-order valence-electron chi connectivity index (χ1n) is 22.7. The summed E-state index contributed by atoms with van der Waals surface area (Å²) in [5, 5.41) is 27.4. The molecule has 2 saturated carbocycles. The molecule has 7 rings (SSSR count). The van der Waals surface area contributed by atoms with Gasteiger partial charge in [-0.25, -0.2) is 4.79 Å². The van der Waals surface area contributed by atoms with Gasteiger partial charge in [0.1, 0.15) is 24.1 Å². The third-order valence-corrected chi connectivity index (χ3v) is 13.2. The topological polar surface area (TPSA) is 158 Å². The molecular weight excluding hydrogens is 779 g/mol. The number of unbranched alkanes of at least 4 members (excludes halogenated alkanes) is 2. The Morgan fingerprint density at radius 2 is 1.75 bits per heavy atom. The maximum absolute atomic E-state index is 15.1. The van der Waals surface area contributed by atoms with Crippen molar-refractivity contribution >= 4 is 17.7 Å². The van der Waals surface area contributed by atoms with E-state index in [-0.39, 0.29) is 56.8 Å². The van der Waals surface area contributed by atoms with Gasteiger partial charge in [0, 0.05) is 50.6 Å². The predicted molar refractivity (Wildman–Crippen MR) is 231 cm³/mol. The number of benzene rings is 2. The maximum Gasteiger partial charge on any atom is 0.412 e. The van der Waals surface area contributed by atoms with Crippen LogP contribution < -0.4 is 24.3 Å². The molecule has 2 aliphatic heterocycles. The molecule has 61 heavy (non-hydrogen) atoms. The molecule has 2 aromatic rings. The number of allylic oxidation sites excluding steroid dienone is 1. The van der Waals surface area contributed by atoms with Crippen LogP contribution in [0.4, 0.5) is 4.79 Å². The van der Waals surface area contributed by atoms with E-state index in [1.807, 2.05) is 49.1 Å². The highest BCUT2D eigenvalue weighted by Gasteiger charge is 2.65. The highest BCUT2D eigenvalue weighted by molar-refractivity contribution is 6.03. The first-order valence-corrected chi connectivity index (χ1v) is 22.7. The van der Waals surface area contributed by atoms with Gasteiger partial charge in [0.05, 0.1) is 18.2 Å². The number of amides is 2. The van der Waals surface area contributed by atoms with Crippen molar-refractivity contribution in [1.29, 1.82) is 0 Å². The van der Waals surface area contributed by atoms with Gasteiger partial charge < -0.3 is 49.0 Å². The molecule has 13 nitrogen and oxygen atoms in total. The average Bonchev–Trinajstić information content (AvgIpc) is 3.97. The molecule has 13 heteroatoms. The molecule has 0 radical (unpaired) electrons. The summed E-state index contributed by atoms with van der Waals surface area (Å²) in [5.74, 6) is 0.761. The third kappa shape index (κ3) is 9.89. The second kappa shape index (κ2) is 21.0. The van der Waals surface area contributed by atoms with E-state index < -0.39 is 23.8 Å². The average molecular weight is 844 g/mol. The molecule has 2 aromatic carbocycles. The summed E-state index contributed by atoms with van der Waals surface area (Å²) >= 11 is 0. The molecule has 332 valence electrons. The lowest BCUT2D eigenvalue weighted by Crippen LogP contribution is -2.70. The van der Waals surface area contributed by atoms with E-state index in [4.69, 9.17) is 33.7 Å². The van der Waals surface area contributed by atoms with Gasteiger partial charge in [0.15, 0.2) is 11.5 Å². The minimum absolute atomic E-state index is 0.00755. The number of rotatable bonds is 21. The Labute approximate surface area is 360 Å². The summed E-state index contributed by atoms with van der Waals surface area (Å²) < 4.78 is 31.8. The Hall–Kier alpha value is -4.59. The minimum atomic E-state index is -1.41. The van der Waals surface area contributed by atoms with Crippen molar-refractivity contribution in [2.75, 3.05) is 39.8 Å². The number of fused-ring (bicyclic) bond motifs is 3. The Morgan fingerprint density at radius 1 is 0.984 bits per heavy atom. The van der Waals surface area contributed by atoms with E-state index in [2.05, 4.69) is 18.0 Å². The molecule has 0 bridgehead atoms. The van der Waals surface area contributed by atoms with E-state index in [0.29, 0.717) is 67.8 Å². The van der Waals surface area contributed by atoms with Crippen LogP contribution in [0.3, 0.4) is 0 Å².